The molecule has 0 amide bonds. The van der Waals surface area contributed by atoms with E-state index in [1.807, 2.05) is 54.6 Å². The average Bonchev–Trinajstić information content (AvgIpc) is 2.57. The molecule has 0 fully saturated rings. The van der Waals surface area contributed by atoms with E-state index in [-0.39, 0.29) is 6.61 Å². The zero-order chi connectivity index (χ0) is 15.6. The highest BCUT2D eigenvalue weighted by atomic mass is 16.7. The van der Waals surface area contributed by atoms with Crippen molar-refractivity contribution in [2.45, 2.75) is 6.42 Å². The third-order valence-electron chi connectivity index (χ3n) is 2.75. The van der Waals surface area contributed by atoms with Crippen molar-refractivity contribution in [3.05, 3.63) is 54.6 Å². The Kier molecular flexibility index (Phi) is 6.11. The van der Waals surface area contributed by atoms with Gasteiger partial charge in [0.1, 0.15) is 17.2 Å². The second kappa shape index (κ2) is 8.56. The zero-order valence-electron chi connectivity index (χ0n) is 12.4. The molecule has 0 saturated heterocycles. The number of methoxy groups -OCH3 is 1. The topological polar surface area (TPSA) is 54.0 Å². The summed E-state index contributed by atoms with van der Waals surface area (Å²) in [6.07, 6.45) is -0.0837. The Labute approximate surface area is 129 Å². The summed E-state index contributed by atoms with van der Waals surface area (Å²) in [5, 5.41) is 0. The molecule has 2 aromatic rings. The Morgan fingerprint density at radius 2 is 1.50 bits per heavy atom. The van der Waals surface area contributed by atoms with Crippen molar-refractivity contribution in [3.63, 3.8) is 0 Å². The number of benzene rings is 2. The van der Waals surface area contributed by atoms with Crippen molar-refractivity contribution >= 4 is 6.16 Å². The van der Waals surface area contributed by atoms with E-state index >= 15 is 0 Å². The summed E-state index contributed by atoms with van der Waals surface area (Å²) in [4.78, 5) is 10.7. The first kappa shape index (κ1) is 15.7. The van der Waals surface area contributed by atoms with Crippen molar-refractivity contribution in [3.8, 4) is 17.2 Å². The molecule has 0 aliphatic heterocycles. The number of para-hydroxylation sites is 1. The van der Waals surface area contributed by atoms with Crippen LogP contribution in [0.25, 0.3) is 0 Å². The van der Waals surface area contributed by atoms with E-state index in [1.54, 1.807) is 0 Å². The first-order valence-corrected chi connectivity index (χ1v) is 6.94. The van der Waals surface area contributed by atoms with E-state index in [0.717, 1.165) is 17.2 Å². The van der Waals surface area contributed by atoms with Crippen LogP contribution in [0.4, 0.5) is 4.79 Å². The lowest BCUT2D eigenvalue weighted by molar-refractivity contribution is 0.0687. The number of carbonyl (C=O) groups excluding carboxylic acids is 1. The van der Waals surface area contributed by atoms with Crippen LogP contribution in [0.15, 0.2) is 54.6 Å². The lowest BCUT2D eigenvalue weighted by Gasteiger charge is -2.08. The van der Waals surface area contributed by atoms with E-state index in [4.69, 9.17) is 14.2 Å². The number of hydrogen-bond acceptors (Lipinski definition) is 5. The van der Waals surface area contributed by atoms with Gasteiger partial charge in [0.2, 0.25) is 0 Å². The summed E-state index contributed by atoms with van der Waals surface area (Å²) in [5.41, 5.74) is 0. The van der Waals surface area contributed by atoms with Crippen LogP contribution in [0.3, 0.4) is 0 Å². The van der Waals surface area contributed by atoms with Crippen LogP contribution in [0, 0.1) is 0 Å². The fourth-order valence-electron chi connectivity index (χ4n) is 1.69. The second-order valence-corrected chi connectivity index (χ2v) is 4.39. The van der Waals surface area contributed by atoms with Crippen molar-refractivity contribution in [1.29, 1.82) is 0 Å². The summed E-state index contributed by atoms with van der Waals surface area (Å²) in [7, 11) is 1.28. The molecule has 0 unspecified atom stereocenters. The molecule has 0 N–H and O–H groups in total. The second-order valence-electron chi connectivity index (χ2n) is 4.39. The van der Waals surface area contributed by atoms with Gasteiger partial charge in [-0.05, 0) is 36.4 Å². The van der Waals surface area contributed by atoms with Crippen molar-refractivity contribution in [2.24, 2.45) is 0 Å². The quantitative estimate of drug-likeness (QED) is 0.571. The summed E-state index contributed by atoms with van der Waals surface area (Å²) >= 11 is 0. The minimum absolute atomic E-state index is 0.266. The largest absolute Gasteiger partial charge is 0.507 e. The molecule has 0 spiro atoms. The smallest absolute Gasteiger partial charge is 0.493 e. The molecule has 0 heterocycles. The van der Waals surface area contributed by atoms with E-state index in [0.29, 0.717) is 13.0 Å². The third-order valence-corrected chi connectivity index (χ3v) is 2.75. The van der Waals surface area contributed by atoms with Crippen molar-refractivity contribution < 1.29 is 23.7 Å². The highest BCUT2D eigenvalue weighted by Crippen LogP contribution is 2.23. The van der Waals surface area contributed by atoms with E-state index in [9.17, 15) is 4.79 Å². The Morgan fingerprint density at radius 1 is 0.864 bits per heavy atom. The van der Waals surface area contributed by atoms with Gasteiger partial charge in [-0.1, -0.05) is 18.2 Å². The fourth-order valence-corrected chi connectivity index (χ4v) is 1.69. The number of carbonyl (C=O) groups is 1. The SMILES string of the molecule is COC(=O)OCCCOc1ccc(Oc2ccccc2)cc1. The number of ether oxygens (including phenoxy) is 4. The van der Waals surface area contributed by atoms with Gasteiger partial charge in [0.15, 0.2) is 0 Å². The van der Waals surface area contributed by atoms with Crippen LogP contribution in [-0.2, 0) is 9.47 Å². The van der Waals surface area contributed by atoms with Gasteiger partial charge in [0.05, 0.1) is 20.3 Å². The Balaban J connectivity index is 1.72. The van der Waals surface area contributed by atoms with Gasteiger partial charge in [0.25, 0.3) is 0 Å². The molecule has 116 valence electrons. The number of rotatable bonds is 7. The van der Waals surface area contributed by atoms with Crippen molar-refractivity contribution in [2.75, 3.05) is 20.3 Å². The van der Waals surface area contributed by atoms with Crippen LogP contribution in [0.2, 0.25) is 0 Å². The van der Waals surface area contributed by atoms with Crippen LogP contribution in [0.1, 0.15) is 6.42 Å². The molecule has 0 bridgehead atoms. The van der Waals surface area contributed by atoms with Gasteiger partial charge >= 0.3 is 6.16 Å². The predicted octanol–water partition coefficient (Wildman–Crippen LogP) is 4.03. The minimum Gasteiger partial charge on any atom is -0.493 e. The molecule has 0 saturated carbocycles. The van der Waals surface area contributed by atoms with E-state index in [1.165, 1.54) is 7.11 Å². The van der Waals surface area contributed by atoms with Gasteiger partial charge < -0.3 is 18.9 Å². The van der Waals surface area contributed by atoms with Crippen LogP contribution < -0.4 is 9.47 Å². The summed E-state index contributed by atoms with van der Waals surface area (Å²) < 4.78 is 20.3. The van der Waals surface area contributed by atoms with Crippen LogP contribution >= 0.6 is 0 Å². The van der Waals surface area contributed by atoms with Gasteiger partial charge in [0, 0.05) is 6.42 Å². The van der Waals surface area contributed by atoms with E-state index in [2.05, 4.69) is 4.74 Å². The van der Waals surface area contributed by atoms with Gasteiger partial charge in [-0.25, -0.2) is 4.79 Å². The molecule has 0 aliphatic carbocycles. The normalized spacial score (nSPS) is 9.86. The lowest BCUT2D eigenvalue weighted by Crippen LogP contribution is -2.08. The average molecular weight is 302 g/mol. The molecule has 22 heavy (non-hydrogen) atoms. The maximum Gasteiger partial charge on any atom is 0.507 e. The van der Waals surface area contributed by atoms with Crippen LogP contribution in [0.5, 0.6) is 17.2 Å². The number of hydrogen-bond donors (Lipinski definition) is 0. The molecule has 2 aromatic carbocycles. The Hall–Kier alpha value is -2.69. The van der Waals surface area contributed by atoms with Gasteiger partial charge in [-0.15, -0.1) is 0 Å². The first-order chi connectivity index (χ1) is 10.8. The molecule has 0 radical (unpaired) electrons. The summed E-state index contributed by atoms with van der Waals surface area (Å²) in [6.45, 7) is 0.720. The molecule has 0 atom stereocenters. The van der Waals surface area contributed by atoms with Crippen molar-refractivity contribution in [1.82, 2.24) is 0 Å². The molecular weight excluding hydrogens is 284 g/mol. The molecular formula is C17H18O5. The van der Waals surface area contributed by atoms with Gasteiger partial charge in [-0.3, -0.25) is 0 Å². The minimum atomic E-state index is -0.678. The molecule has 2 rings (SSSR count). The molecule has 5 nitrogen and oxygen atoms in total. The monoisotopic (exact) mass is 302 g/mol. The van der Waals surface area contributed by atoms with E-state index < -0.39 is 6.16 Å². The maximum atomic E-state index is 10.7. The highest BCUT2D eigenvalue weighted by molar-refractivity contribution is 5.59. The summed E-state index contributed by atoms with van der Waals surface area (Å²) in [5.74, 6) is 2.27. The van der Waals surface area contributed by atoms with Crippen LogP contribution in [-0.4, -0.2) is 26.5 Å². The predicted molar refractivity (Wildman–Crippen MR) is 81.4 cm³/mol. The standard InChI is InChI=1S/C17H18O5/c1-19-17(18)21-13-5-12-20-14-8-10-16(11-9-14)22-15-6-3-2-4-7-15/h2-4,6-11H,5,12-13H2,1H3. The third kappa shape index (κ3) is 5.36. The Bertz CT molecular complexity index is 565. The highest BCUT2D eigenvalue weighted by Gasteiger charge is 2.01. The molecule has 0 aromatic heterocycles. The van der Waals surface area contributed by atoms with Gasteiger partial charge in [-0.2, -0.15) is 0 Å². The maximum absolute atomic E-state index is 10.7. The Morgan fingerprint density at radius 3 is 2.18 bits per heavy atom. The summed E-state index contributed by atoms with van der Waals surface area (Å²) in [6, 6.07) is 16.9. The lowest BCUT2D eigenvalue weighted by atomic mass is 10.3. The zero-order valence-corrected chi connectivity index (χ0v) is 12.4. The first-order valence-electron chi connectivity index (χ1n) is 6.94. The molecule has 5 heteroatoms. The fraction of sp³-hybridized carbons (Fsp3) is 0.235. The molecule has 0 aliphatic rings.